The van der Waals surface area contributed by atoms with Gasteiger partial charge in [0.1, 0.15) is 5.60 Å². The average Bonchev–Trinajstić information content (AvgIpc) is 3.35. The monoisotopic (exact) mass is 420 g/mol. The molecule has 3 aliphatic rings. The van der Waals surface area contributed by atoms with Crippen LogP contribution in [0.4, 0.5) is 14.9 Å². The molecule has 156 valence electrons. The van der Waals surface area contributed by atoms with Crippen molar-refractivity contribution in [2.45, 2.75) is 70.2 Å². The average molecular weight is 421 g/mol. The van der Waals surface area contributed by atoms with Gasteiger partial charge in [0.25, 0.3) is 0 Å². The summed E-state index contributed by atoms with van der Waals surface area (Å²) < 4.78 is 22.5. The van der Waals surface area contributed by atoms with Crippen LogP contribution in [-0.4, -0.2) is 51.3 Å². The molecule has 1 amide bonds. The number of rotatable bonds is 2. The number of aromatic nitrogens is 2. The summed E-state index contributed by atoms with van der Waals surface area (Å²) in [6, 6.07) is 0.542. The maximum atomic E-state index is 14.8. The smallest absolute Gasteiger partial charge is 0.410 e. The van der Waals surface area contributed by atoms with Gasteiger partial charge < -0.3 is 14.2 Å². The Labute approximate surface area is 174 Å². The second-order valence-corrected chi connectivity index (χ2v) is 9.81. The van der Waals surface area contributed by atoms with Gasteiger partial charge >= 0.3 is 6.09 Å². The van der Waals surface area contributed by atoms with E-state index in [4.69, 9.17) is 16.3 Å². The van der Waals surface area contributed by atoms with E-state index in [-0.39, 0.29) is 23.3 Å². The third-order valence-electron chi connectivity index (χ3n) is 6.11. The Kier molecular flexibility index (Phi) is 4.25. The number of fused-ring (bicyclic) bond motifs is 3. The summed E-state index contributed by atoms with van der Waals surface area (Å²) in [5.41, 5.74) is 1.02. The van der Waals surface area contributed by atoms with E-state index in [1.807, 2.05) is 36.4 Å². The fourth-order valence-electron chi connectivity index (χ4n) is 4.77. The molecule has 2 aliphatic heterocycles. The van der Waals surface area contributed by atoms with E-state index in [0.29, 0.717) is 24.6 Å². The van der Waals surface area contributed by atoms with Gasteiger partial charge in [0.15, 0.2) is 11.0 Å². The van der Waals surface area contributed by atoms with Gasteiger partial charge in [-0.3, -0.25) is 4.90 Å². The molecule has 1 saturated carbocycles. The van der Waals surface area contributed by atoms with Crippen LogP contribution in [-0.2, 0) is 4.74 Å². The number of amides is 1. The third-order valence-corrected chi connectivity index (χ3v) is 6.38. The van der Waals surface area contributed by atoms with Crippen molar-refractivity contribution in [3.8, 4) is 0 Å². The lowest BCUT2D eigenvalue weighted by atomic mass is 10.1. The van der Waals surface area contributed by atoms with Gasteiger partial charge in [-0.25, -0.2) is 14.2 Å². The molecule has 0 radical (unpaired) electrons. The highest BCUT2D eigenvalue weighted by Gasteiger charge is 2.45. The van der Waals surface area contributed by atoms with Gasteiger partial charge in [0.05, 0.1) is 23.3 Å². The first-order valence-electron chi connectivity index (χ1n) is 10.3. The van der Waals surface area contributed by atoms with Crippen LogP contribution in [0.5, 0.6) is 0 Å². The SMILES string of the molecule is CC(C)(C)OC(=O)N1C2CCC1CN(c1cn(C3CC3)c3c(F)c(Cl)ncc13)C2. The molecule has 2 unspecified atom stereocenters. The first-order valence-corrected chi connectivity index (χ1v) is 10.7. The summed E-state index contributed by atoms with van der Waals surface area (Å²) in [6.45, 7) is 7.10. The third kappa shape index (κ3) is 3.23. The zero-order valence-corrected chi connectivity index (χ0v) is 17.7. The molecule has 2 bridgehead atoms. The fraction of sp³-hybridized carbons (Fsp3) is 0.619. The first-order chi connectivity index (χ1) is 13.7. The molecule has 3 fully saturated rings. The van der Waals surface area contributed by atoms with Gasteiger partial charge in [-0.1, -0.05) is 11.6 Å². The van der Waals surface area contributed by atoms with Crippen LogP contribution in [0.3, 0.4) is 0 Å². The Morgan fingerprint density at radius 3 is 2.38 bits per heavy atom. The van der Waals surface area contributed by atoms with Crippen molar-refractivity contribution in [2.24, 2.45) is 0 Å². The molecule has 2 atom stereocenters. The molecule has 0 aromatic carbocycles. The molecular weight excluding hydrogens is 395 g/mol. The Bertz CT molecular complexity index is 967. The number of anilines is 1. The minimum atomic E-state index is -0.506. The van der Waals surface area contributed by atoms with Crippen LogP contribution in [0, 0.1) is 5.82 Å². The lowest BCUT2D eigenvalue weighted by Gasteiger charge is -2.42. The predicted octanol–water partition coefficient (Wildman–Crippen LogP) is 4.75. The van der Waals surface area contributed by atoms with Crippen molar-refractivity contribution in [3.63, 3.8) is 0 Å². The van der Waals surface area contributed by atoms with Crippen molar-refractivity contribution >= 4 is 34.3 Å². The minimum absolute atomic E-state index is 0.0844. The van der Waals surface area contributed by atoms with Crippen molar-refractivity contribution in [1.82, 2.24) is 14.5 Å². The van der Waals surface area contributed by atoms with E-state index in [0.717, 1.165) is 36.8 Å². The molecule has 0 spiro atoms. The highest BCUT2D eigenvalue weighted by Crippen LogP contribution is 2.44. The van der Waals surface area contributed by atoms with Crippen molar-refractivity contribution in [2.75, 3.05) is 18.0 Å². The number of carbonyl (C=O) groups excluding carboxylic acids is 1. The number of ether oxygens (including phenoxy) is 1. The minimum Gasteiger partial charge on any atom is -0.444 e. The number of nitrogens with zero attached hydrogens (tertiary/aromatic N) is 4. The fourth-order valence-corrected chi connectivity index (χ4v) is 4.90. The molecule has 2 aromatic rings. The largest absolute Gasteiger partial charge is 0.444 e. The van der Waals surface area contributed by atoms with Gasteiger partial charge in [0.2, 0.25) is 0 Å². The normalized spacial score (nSPS) is 24.4. The van der Waals surface area contributed by atoms with Crippen LogP contribution in [0.25, 0.3) is 10.9 Å². The van der Waals surface area contributed by atoms with E-state index in [9.17, 15) is 9.18 Å². The number of pyridine rings is 1. The van der Waals surface area contributed by atoms with Crippen LogP contribution >= 0.6 is 11.6 Å². The maximum Gasteiger partial charge on any atom is 0.410 e. The molecule has 29 heavy (non-hydrogen) atoms. The molecular formula is C21H26ClFN4O2. The molecule has 2 aromatic heterocycles. The second-order valence-electron chi connectivity index (χ2n) is 9.46. The number of hydrogen-bond donors (Lipinski definition) is 0. The molecule has 0 N–H and O–H groups in total. The van der Waals surface area contributed by atoms with E-state index in [1.54, 1.807) is 6.20 Å². The Morgan fingerprint density at radius 1 is 1.17 bits per heavy atom. The lowest BCUT2D eigenvalue weighted by Crippen LogP contribution is -2.56. The topological polar surface area (TPSA) is 50.6 Å². The second kappa shape index (κ2) is 6.49. The lowest BCUT2D eigenvalue weighted by molar-refractivity contribution is 0.0123. The highest BCUT2D eigenvalue weighted by molar-refractivity contribution is 6.30. The van der Waals surface area contributed by atoms with Crippen LogP contribution < -0.4 is 4.90 Å². The summed E-state index contributed by atoms with van der Waals surface area (Å²) in [5, 5.41) is 0.711. The van der Waals surface area contributed by atoms with Crippen LogP contribution in [0.2, 0.25) is 5.15 Å². The number of piperazine rings is 1. The summed E-state index contributed by atoms with van der Waals surface area (Å²) in [7, 11) is 0. The first kappa shape index (κ1) is 19.0. The maximum absolute atomic E-state index is 14.8. The molecule has 8 heteroatoms. The van der Waals surface area contributed by atoms with Gasteiger partial charge in [-0.05, 0) is 46.5 Å². The number of carbonyl (C=O) groups is 1. The zero-order chi connectivity index (χ0) is 20.5. The van der Waals surface area contributed by atoms with E-state index >= 15 is 0 Å². The quantitative estimate of drug-likeness (QED) is 0.658. The standard InChI is InChI=1S/C21H26ClFN4O2/c1-21(2,3)29-20(28)27-13-6-7-14(27)10-25(9-13)16-11-26(12-4-5-12)18-15(16)8-24-19(22)17(18)23/h8,11-14H,4-7,9-10H2,1-3H3. The summed E-state index contributed by atoms with van der Waals surface area (Å²) in [6.07, 6.45) is 7.52. The van der Waals surface area contributed by atoms with Crippen molar-refractivity contribution in [3.05, 3.63) is 23.4 Å². The van der Waals surface area contributed by atoms with Crippen LogP contribution in [0.1, 0.15) is 52.5 Å². The molecule has 4 heterocycles. The predicted molar refractivity (Wildman–Crippen MR) is 110 cm³/mol. The molecule has 5 rings (SSSR count). The van der Waals surface area contributed by atoms with Crippen LogP contribution in [0.15, 0.2) is 12.4 Å². The van der Waals surface area contributed by atoms with E-state index < -0.39 is 11.4 Å². The number of hydrogen-bond acceptors (Lipinski definition) is 4. The van der Waals surface area contributed by atoms with E-state index in [2.05, 4.69) is 9.88 Å². The number of halogens is 2. The Balaban J connectivity index is 1.46. The Morgan fingerprint density at radius 2 is 1.79 bits per heavy atom. The summed E-state index contributed by atoms with van der Waals surface area (Å²) in [4.78, 5) is 21.0. The van der Waals surface area contributed by atoms with E-state index in [1.165, 1.54) is 0 Å². The Hall–Kier alpha value is -2.02. The molecule has 1 aliphatic carbocycles. The summed E-state index contributed by atoms with van der Waals surface area (Å²) in [5.74, 6) is -0.447. The highest BCUT2D eigenvalue weighted by atomic mass is 35.5. The van der Waals surface area contributed by atoms with Crippen molar-refractivity contribution in [1.29, 1.82) is 0 Å². The molecule has 2 saturated heterocycles. The molecule has 6 nitrogen and oxygen atoms in total. The van der Waals surface area contributed by atoms with Crippen molar-refractivity contribution < 1.29 is 13.9 Å². The van der Waals surface area contributed by atoms with Gasteiger partial charge in [-0.2, -0.15) is 0 Å². The van der Waals surface area contributed by atoms with Gasteiger partial charge in [-0.15, -0.1) is 0 Å². The zero-order valence-electron chi connectivity index (χ0n) is 17.0. The summed E-state index contributed by atoms with van der Waals surface area (Å²) >= 11 is 5.97. The van der Waals surface area contributed by atoms with Gasteiger partial charge in [0, 0.05) is 36.9 Å².